The lowest BCUT2D eigenvalue weighted by Gasteiger charge is -2.19. The summed E-state index contributed by atoms with van der Waals surface area (Å²) in [4.78, 5) is 17.1. The van der Waals surface area contributed by atoms with Crippen molar-refractivity contribution in [1.29, 1.82) is 0 Å². The van der Waals surface area contributed by atoms with Crippen molar-refractivity contribution < 1.29 is 4.79 Å². The Morgan fingerprint density at radius 2 is 2.22 bits per heavy atom. The predicted octanol–water partition coefficient (Wildman–Crippen LogP) is 3.22. The Bertz CT molecular complexity index is 805. The normalized spacial score (nSPS) is 21.7. The number of carbonyl (C=O) groups is 1. The lowest BCUT2D eigenvalue weighted by molar-refractivity contribution is 0.0913. The number of nitrogens with one attached hydrogen (secondary N) is 1. The summed E-state index contributed by atoms with van der Waals surface area (Å²) in [6.45, 7) is 5.94. The molecule has 1 saturated carbocycles. The number of amides is 1. The van der Waals surface area contributed by atoms with Gasteiger partial charge in [-0.05, 0) is 51.7 Å². The van der Waals surface area contributed by atoms with E-state index in [1.54, 1.807) is 6.20 Å². The van der Waals surface area contributed by atoms with Gasteiger partial charge in [-0.3, -0.25) is 4.79 Å². The second-order valence-electron chi connectivity index (χ2n) is 7.47. The molecule has 4 rings (SSSR count). The molecule has 0 saturated heterocycles. The molecule has 0 unspecified atom stereocenters. The van der Waals surface area contributed by atoms with Crippen LogP contribution >= 0.6 is 15.9 Å². The Labute approximate surface area is 143 Å². The van der Waals surface area contributed by atoms with Crippen molar-refractivity contribution in [3.8, 4) is 5.82 Å². The summed E-state index contributed by atoms with van der Waals surface area (Å²) in [5, 5.41) is 7.65. The molecule has 23 heavy (non-hydrogen) atoms. The van der Waals surface area contributed by atoms with Crippen molar-refractivity contribution in [1.82, 2.24) is 20.1 Å². The van der Waals surface area contributed by atoms with Crippen LogP contribution in [0.1, 0.15) is 54.9 Å². The first-order valence-electron chi connectivity index (χ1n) is 7.90. The van der Waals surface area contributed by atoms with E-state index in [9.17, 15) is 4.79 Å². The number of rotatable bonds is 2. The van der Waals surface area contributed by atoms with Gasteiger partial charge in [-0.15, -0.1) is 0 Å². The van der Waals surface area contributed by atoms with E-state index in [1.165, 1.54) is 12.1 Å². The van der Waals surface area contributed by atoms with Crippen LogP contribution in [0, 0.1) is 5.92 Å². The quantitative estimate of drug-likeness (QED) is 0.877. The molecular formula is C17H19BrN4O. The van der Waals surface area contributed by atoms with E-state index in [-0.39, 0.29) is 11.4 Å². The van der Waals surface area contributed by atoms with E-state index in [4.69, 9.17) is 0 Å². The maximum Gasteiger partial charge on any atom is 0.272 e. The average Bonchev–Trinajstić information content (AvgIpc) is 2.94. The van der Waals surface area contributed by atoms with Crippen LogP contribution in [0.2, 0.25) is 0 Å². The zero-order valence-corrected chi connectivity index (χ0v) is 15.0. The van der Waals surface area contributed by atoms with Crippen LogP contribution < -0.4 is 5.32 Å². The molecule has 0 radical (unpaired) electrons. The molecule has 0 bridgehead atoms. The van der Waals surface area contributed by atoms with Crippen molar-refractivity contribution in [2.45, 2.75) is 45.1 Å². The second-order valence-corrected chi connectivity index (χ2v) is 8.38. The molecule has 5 nitrogen and oxygen atoms in total. The largest absolute Gasteiger partial charge is 0.346 e. The Kier molecular flexibility index (Phi) is 3.17. The summed E-state index contributed by atoms with van der Waals surface area (Å²) in [7, 11) is 0. The van der Waals surface area contributed by atoms with Crippen molar-refractivity contribution in [2.75, 3.05) is 0 Å². The lowest BCUT2D eigenvalue weighted by Crippen LogP contribution is -2.41. The molecule has 2 atom stereocenters. The molecule has 2 heterocycles. The number of fused-ring (bicyclic) bond motifs is 3. The fourth-order valence-electron chi connectivity index (χ4n) is 3.38. The molecule has 6 heteroatoms. The zero-order valence-electron chi connectivity index (χ0n) is 13.4. The molecule has 2 aromatic rings. The molecule has 2 aliphatic rings. The van der Waals surface area contributed by atoms with Crippen LogP contribution in [0.15, 0.2) is 22.8 Å². The number of aromatic nitrogens is 3. The predicted molar refractivity (Wildman–Crippen MR) is 90.8 cm³/mol. The molecule has 1 N–H and O–H groups in total. The van der Waals surface area contributed by atoms with Crippen LogP contribution in [-0.4, -0.2) is 26.2 Å². The smallest absolute Gasteiger partial charge is 0.272 e. The number of halogens is 1. The van der Waals surface area contributed by atoms with Gasteiger partial charge in [0.25, 0.3) is 5.91 Å². The SMILES string of the molecule is CC(C)(C)NC(=O)c1nn(-c2cc(Br)ccn2)c2c1C[C@H]1C[C@@H]21. The zero-order chi connectivity index (χ0) is 16.4. The van der Waals surface area contributed by atoms with E-state index in [1.807, 2.05) is 37.6 Å². The number of carbonyl (C=O) groups excluding carboxylic acids is 1. The van der Waals surface area contributed by atoms with E-state index in [0.29, 0.717) is 17.5 Å². The van der Waals surface area contributed by atoms with Gasteiger partial charge in [-0.2, -0.15) is 5.10 Å². The number of pyridine rings is 1. The van der Waals surface area contributed by atoms with Crippen LogP contribution in [0.5, 0.6) is 0 Å². The molecule has 2 aromatic heterocycles. The first kappa shape index (κ1) is 14.9. The molecule has 2 aliphatic carbocycles. The molecule has 1 fully saturated rings. The Hall–Kier alpha value is -1.69. The number of hydrogen-bond donors (Lipinski definition) is 1. The number of hydrogen-bond acceptors (Lipinski definition) is 3. The van der Waals surface area contributed by atoms with Crippen molar-refractivity contribution >= 4 is 21.8 Å². The van der Waals surface area contributed by atoms with E-state index in [2.05, 4.69) is 31.3 Å². The maximum absolute atomic E-state index is 12.6. The minimum absolute atomic E-state index is 0.0937. The topological polar surface area (TPSA) is 59.8 Å². The van der Waals surface area contributed by atoms with E-state index in [0.717, 1.165) is 22.3 Å². The highest BCUT2D eigenvalue weighted by atomic mass is 79.9. The van der Waals surface area contributed by atoms with Gasteiger partial charge in [0.1, 0.15) is 0 Å². The third-order valence-electron chi connectivity index (χ3n) is 4.39. The third-order valence-corrected chi connectivity index (χ3v) is 4.88. The van der Waals surface area contributed by atoms with Gasteiger partial charge in [-0.1, -0.05) is 15.9 Å². The van der Waals surface area contributed by atoms with Gasteiger partial charge in [0.15, 0.2) is 11.5 Å². The summed E-state index contributed by atoms with van der Waals surface area (Å²) in [6.07, 6.45) is 3.91. The van der Waals surface area contributed by atoms with Gasteiger partial charge in [0, 0.05) is 27.7 Å². The standard InChI is InChI=1S/C17H19BrN4O/c1-17(2,3)20-16(23)14-12-7-9-6-11(9)15(12)22(21-14)13-8-10(18)4-5-19-13/h4-5,8-9,11H,6-7H2,1-3H3,(H,20,23)/t9-,11-/m1/s1. The summed E-state index contributed by atoms with van der Waals surface area (Å²) < 4.78 is 2.83. The Morgan fingerprint density at radius 1 is 1.43 bits per heavy atom. The molecular weight excluding hydrogens is 356 g/mol. The van der Waals surface area contributed by atoms with Gasteiger partial charge >= 0.3 is 0 Å². The highest BCUT2D eigenvalue weighted by Gasteiger charge is 2.50. The fourth-order valence-corrected chi connectivity index (χ4v) is 3.70. The molecule has 0 spiro atoms. The van der Waals surface area contributed by atoms with Crippen LogP contribution in [-0.2, 0) is 6.42 Å². The second kappa shape index (κ2) is 4.90. The molecule has 0 aromatic carbocycles. The fraction of sp³-hybridized carbons (Fsp3) is 0.471. The van der Waals surface area contributed by atoms with Crippen molar-refractivity contribution in [3.63, 3.8) is 0 Å². The van der Waals surface area contributed by atoms with Gasteiger partial charge in [0.2, 0.25) is 0 Å². The van der Waals surface area contributed by atoms with Crippen LogP contribution in [0.25, 0.3) is 5.82 Å². The maximum atomic E-state index is 12.6. The summed E-state index contributed by atoms with van der Waals surface area (Å²) in [6, 6.07) is 3.83. The van der Waals surface area contributed by atoms with Crippen molar-refractivity contribution in [3.05, 3.63) is 39.8 Å². The van der Waals surface area contributed by atoms with E-state index >= 15 is 0 Å². The summed E-state index contributed by atoms with van der Waals surface area (Å²) in [5.74, 6) is 1.89. The van der Waals surface area contributed by atoms with E-state index < -0.39 is 0 Å². The third kappa shape index (κ3) is 2.59. The first-order chi connectivity index (χ1) is 10.8. The van der Waals surface area contributed by atoms with Gasteiger partial charge in [-0.25, -0.2) is 9.67 Å². The Morgan fingerprint density at radius 3 is 2.91 bits per heavy atom. The highest BCUT2D eigenvalue weighted by molar-refractivity contribution is 9.10. The Balaban J connectivity index is 1.80. The summed E-state index contributed by atoms with van der Waals surface area (Å²) in [5.41, 5.74) is 2.57. The van der Waals surface area contributed by atoms with Crippen LogP contribution in [0.4, 0.5) is 0 Å². The lowest BCUT2D eigenvalue weighted by atomic mass is 10.1. The van der Waals surface area contributed by atoms with Gasteiger partial charge < -0.3 is 5.32 Å². The first-order valence-corrected chi connectivity index (χ1v) is 8.69. The minimum atomic E-state index is -0.275. The number of nitrogens with zero attached hydrogens (tertiary/aromatic N) is 3. The molecule has 120 valence electrons. The minimum Gasteiger partial charge on any atom is -0.346 e. The average molecular weight is 375 g/mol. The van der Waals surface area contributed by atoms with Gasteiger partial charge in [0.05, 0.1) is 5.69 Å². The molecule has 0 aliphatic heterocycles. The van der Waals surface area contributed by atoms with Crippen molar-refractivity contribution in [2.24, 2.45) is 5.92 Å². The molecule has 1 amide bonds. The monoisotopic (exact) mass is 374 g/mol. The highest BCUT2D eigenvalue weighted by Crippen LogP contribution is 2.57. The van der Waals surface area contributed by atoms with Crippen LogP contribution in [0.3, 0.4) is 0 Å². The summed E-state index contributed by atoms with van der Waals surface area (Å²) >= 11 is 3.48.